The molecule has 0 bridgehead atoms. The maximum atomic E-state index is 12.6. The number of ether oxygens (including phenoxy) is 4. The Labute approximate surface area is 407 Å². The Kier molecular flexibility index (Phi) is 17.3. The van der Waals surface area contributed by atoms with E-state index in [1.807, 2.05) is 59.6 Å². The maximum Gasteiger partial charge on any atom is 0.373 e. The zero-order chi connectivity index (χ0) is 48.8. The van der Waals surface area contributed by atoms with Gasteiger partial charge < -0.3 is 43.2 Å². The minimum Gasteiger partial charge on any atom is -0.486 e. The maximum absolute atomic E-state index is 12.6. The van der Waals surface area contributed by atoms with Crippen LogP contribution in [0.1, 0.15) is 61.5 Å². The van der Waals surface area contributed by atoms with Crippen molar-refractivity contribution in [2.45, 2.75) is 91.1 Å². The number of aromatic nitrogens is 6. The summed E-state index contributed by atoms with van der Waals surface area (Å²) in [7, 11) is 0. The summed E-state index contributed by atoms with van der Waals surface area (Å²) in [6.07, 6.45) is 13.0. The lowest BCUT2D eigenvalue weighted by Crippen LogP contribution is -2.46. The summed E-state index contributed by atoms with van der Waals surface area (Å²) in [6.45, 7) is 18.4. The molecule has 10 heterocycles. The Balaban J connectivity index is 0.000000179. The average molecular weight is 957 g/mol. The van der Waals surface area contributed by atoms with Crippen molar-refractivity contribution >= 4 is 28.2 Å². The van der Waals surface area contributed by atoms with E-state index in [4.69, 9.17) is 28.5 Å². The molecule has 0 spiro atoms. The number of aryl methyl sites for hydroxylation is 2. The standard InChI is InChI=1S/C27H35N5O3.C24H29N5O3.CO2/c1-3-8-31(19-21-16-25-26(18-28-21)35-14-13-34-25)22-6-9-30(10-7-22)11-12-32-24-15-20(2)17-29-23(24)4-5-27(32)33;1-17-12-21-20(27-14-17)2-3-24(30)29(21)9-8-28-6-4-18(5-7-28)25-15-19-13-22-23(16-26-19)32-11-10-31-22;2-1-3/h4-5,15-18,22H,3,6-14,19H2,1-2H3;2-3,12-14,16,18,25H,4-11,15H2,1H3;. The molecule has 4 aliphatic heterocycles. The van der Waals surface area contributed by atoms with Gasteiger partial charge in [-0.25, -0.2) is 0 Å². The molecule has 6 aromatic rings. The second kappa shape index (κ2) is 24.3. The van der Waals surface area contributed by atoms with Crippen molar-refractivity contribution < 1.29 is 28.5 Å². The normalized spacial score (nSPS) is 16.3. The van der Waals surface area contributed by atoms with Crippen molar-refractivity contribution in [3.8, 4) is 23.0 Å². The van der Waals surface area contributed by atoms with Crippen LogP contribution in [-0.4, -0.2) is 134 Å². The van der Waals surface area contributed by atoms with E-state index in [9.17, 15) is 9.59 Å². The molecule has 2 fully saturated rings. The van der Waals surface area contributed by atoms with Crippen LogP contribution >= 0.6 is 0 Å². The van der Waals surface area contributed by atoms with Crippen LogP contribution in [-0.2, 0) is 35.8 Å². The first-order chi connectivity index (χ1) is 34.2. The van der Waals surface area contributed by atoms with Crippen LogP contribution in [0.2, 0.25) is 0 Å². The van der Waals surface area contributed by atoms with E-state index in [0.717, 1.165) is 159 Å². The molecule has 2 saturated heterocycles. The van der Waals surface area contributed by atoms with Gasteiger partial charge in [0.1, 0.15) is 26.4 Å². The summed E-state index contributed by atoms with van der Waals surface area (Å²) in [5, 5.41) is 3.63. The molecule has 70 heavy (non-hydrogen) atoms. The lowest BCUT2D eigenvalue weighted by Gasteiger charge is -2.38. The fraction of sp³-hybridized carbons (Fsp3) is 0.481. The highest BCUT2D eigenvalue weighted by atomic mass is 16.6. The molecule has 1 N–H and O–H groups in total. The number of fused-ring (bicyclic) bond motifs is 4. The first-order valence-electron chi connectivity index (χ1n) is 24.5. The number of pyridine rings is 6. The topological polar surface area (TPSA) is 188 Å². The van der Waals surface area contributed by atoms with E-state index >= 15 is 0 Å². The highest BCUT2D eigenvalue weighted by Crippen LogP contribution is 2.31. The quantitative estimate of drug-likeness (QED) is 0.157. The highest BCUT2D eigenvalue weighted by molar-refractivity contribution is 5.75. The first kappa shape index (κ1) is 49.8. The predicted molar refractivity (Wildman–Crippen MR) is 263 cm³/mol. The number of rotatable bonds is 14. The number of hydrogen-bond acceptors (Lipinski definition) is 16. The van der Waals surface area contributed by atoms with Crippen molar-refractivity contribution in [3.05, 3.63) is 117 Å². The van der Waals surface area contributed by atoms with Crippen molar-refractivity contribution in [1.29, 1.82) is 0 Å². The molecule has 18 heteroatoms. The van der Waals surface area contributed by atoms with Crippen LogP contribution in [0.5, 0.6) is 23.0 Å². The third kappa shape index (κ3) is 13.0. The summed E-state index contributed by atoms with van der Waals surface area (Å²) in [6, 6.07) is 16.0. The fourth-order valence-corrected chi connectivity index (χ4v) is 9.65. The van der Waals surface area contributed by atoms with E-state index in [1.165, 1.54) is 0 Å². The molecule has 370 valence electrons. The van der Waals surface area contributed by atoms with Gasteiger partial charge in [-0.05, 0) is 114 Å². The van der Waals surface area contributed by atoms with E-state index in [-0.39, 0.29) is 17.3 Å². The number of nitrogens with one attached hydrogen (secondary N) is 1. The summed E-state index contributed by atoms with van der Waals surface area (Å²) < 4.78 is 26.3. The van der Waals surface area contributed by atoms with Crippen LogP contribution in [0.4, 0.5) is 0 Å². The van der Waals surface area contributed by atoms with Gasteiger partial charge in [-0.1, -0.05) is 6.92 Å². The number of likely N-dealkylation sites (tertiary alicyclic amines) is 2. The number of hydrogen-bond donors (Lipinski definition) is 1. The van der Waals surface area contributed by atoms with E-state index < -0.39 is 0 Å². The minimum atomic E-state index is 0.0355. The molecule has 6 aromatic heterocycles. The van der Waals surface area contributed by atoms with Crippen LogP contribution in [0.15, 0.2) is 82.9 Å². The van der Waals surface area contributed by atoms with Gasteiger partial charge in [-0.2, -0.15) is 9.59 Å². The summed E-state index contributed by atoms with van der Waals surface area (Å²) in [5.41, 5.74) is 7.80. The Morgan fingerprint density at radius 2 is 1.09 bits per heavy atom. The van der Waals surface area contributed by atoms with Crippen molar-refractivity contribution in [2.24, 2.45) is 0 Å². The third-order valence-corrected chi connectivity index (χ3v) is 13.3. The lowest BCUT2D eigenvalue weighted by molar-refractivity contribution is -0.191. The third-order valence-electron chi connectivity index (χ3n) is 13.3. The van der Waals surface area contributed by atoms with Gasteiger partial charge in [0.2, 0.25) is 0 Å². The first-order valence-corrected chi connectivity index (χ1v) is 24.5. The smallest absolute Gasteiger partial charge is 0.373 e. The Bertz CT molecular complexity index is 2850. The molecule has 0 atom stereocenters. The largest absolute Gasteiger partial charge is 0.486 e. The van der Waals surface area contributed by atoms with Crippen LogP contribution in [0.3, 0.4) is 0 Å². The molecule has 4 aliphatic rings. The summed E-state index contributed by atoms with van der Waals surface area (Å²) in [5.74, 6) is 3.06. The average Bonchev–Trinajstić information content (AvgIpc) is 3.38. The zero-order valence-corrected chi connectivity index (χ0v) is 40.5. The Morgan fingerprint density at radius 3 is 1.60 bits per heavy atom. The van der Waals surface area contributed by atoms with Gasteiger partial charge in [0.25, 0.3) is 11.1 Å². The SMILES string of the molecule is CCCN(Cc1cc2c(cn1)OCCO2)C1CCN(CCn2c(=O)ccc3ncc(C)cc32)CC1.Cc1cnc2ccc(=O)n(CCN3CCC(NCc4cc5c(cn4)OCCO5)CC3)c2c1.O=C=O. The monoisotopic (exact) mass is 956 g/mol. The number of piperidine rings is 2. The van der Waals surface area contributed by atoms with Crippen molar-refractivity contribution in [3.63, 3.8) is 0 Å². The lowest BCUT2D eigenvalue weighted by atomic mass is 10.0. The Hall–Kier alpha value is -6.56. The molecule has 0 saturated carbocycles. The second-order valence-corrected chi connectivity index (χ2v) is 18.2. The molecule has 0 aromatic carbocycles. The molecule has 0 radical (unpaired) electrons. The molecule has 10 rings (SSSR count). The molecular formula is C52H64N10O8. The van der Waals surface area contributed by atoms with Crippen molar-refractivity contribution in [2.75, 3.05) is 72.2 Å². The molecular weight excluding hydrogens is 893 g/mol. The summed E-state index contributed by atoms with van der Waals surface area (Å²) in [4.78, 5) is 66.8. The van der Waals surface area contributed by atoms with Gasteiger partial charge in [-0.3, -0.25) is 34.4 Å². The van der Waals surface area contributed by atoms with Crippen molar-refractivity contribution in [1.82, 2.24) is 49.1 Å². The van der Waals surface area contributed by atoms with E-state index in [1.54, 1.807) is 30.6 Å². The van der Waals surface area contributed by atoms with Gasteiger partial charge in [-0.15, -0.1) is 0 Å². The molecule has 0 unspecified atom stereocenters. The molecule has 0 aliphatic carbocycles. The van der Waals surface area contributed by atoms with Crippen LogP contribution in [0, 0.1) is 13.8 Å². The molecule has 18 nitrogen and oxygen atoms in total. The van der Waals surface area contributed by atoms with Gasteiger partial charge in [0.15, 0.2) is 23.0 Å². The second-order valence-electron chi connectivity index (χ2n) is 18.2. The van der Waals surface area contributed by atoms with Gasteiger partial charge >= 0.3 is 6.15 Å². The fourth-order valence-electron chi connectivity index (χ4n) is 9.65. The number of nitrogens with zero attached hydrogens (tertiary/aromatic N) is 9. The predicted octanol–water partition coefficient (Wildman–Crippen LogP) is 4.79. The summed E-state index contributed by atoms with van der Waals surface area (Å²) >= 11 is 0. The number of carbonyl (C=O) groups excluding carboxylic acids is 2. The van der Waals surface area contributed by atoms with Crippen LogP contribution < -0.4 is 35.4 Å². The van der Waals surface area contributed by atoms with Crippen LogP contribution in [0.25, 0.3) is 22.1 Å². The Morgan fingerprint density at radius 1 is 0.614 bits per heavy atom. The van der Waals surface area contributed by atoms with Gasteiger partial charge in [0, 0.05) is 88.0 Å². The van der Waals surface area contributed by atoms with E-state index in [2.05, 4.69) is 52.9 Å². The molecule has 0 amide bonds. The van der Waals surface area contributed by atoms with E-state index in [0.29, 0.717) is 51.6 Å². The van der Waals surface area contributed by atoms with Gasteiger partial charge in [0.05, 0.1) is 45.8 Å². The highest BCUT2D eigenvalue weighted by Gasteiger charge is 2.26. The zero-order valence-electron chi connectivity index (χ0n) is 40.5. The minimum absolute atomic E-state index is 0.0355.